The number of carboxylic acid groups (broad SMARTS) is 1. The van der Waals surface area contributed by atoms with Crippen LogP contribution in [-0.4, -0.2) is 47.2 Å². The molecule has 7 nitrogen and oxygen atoms in total. The number of fused-ring (bicyclic) bond motifs is 4. The molecule has 1 amide bonds. The van der Waals surface area contributed by atoms with Crippen LogP contribution in [-0.2, 0) is 33.8 Å². The molecule has 2 heterocycles. The van der Waals surface area contributed by atoms with Crippen LogP contribution in [0.2, 0.25) is 0 Å². The van der Waals surface area contributed by atoms with Gasteiger partial charge in [-0.25, -0.2) is 0 Å². The zero-order valence-electron chi connectivity index (χ0n) is 19.8. The molecule has 182 valence electrons. The first-order chi connectivity index (χ1) is 17.1. The Hall–Kier alpha value is -3.19. The number of aliphatic carboxylic acids is 1. The van der Waals surface area contributed by atoms with Gasteiger partial charge in [0.15, 0.2) is 11.8 Å². The standard InChI is InChI=1S/C28H31N3O4/c32-27(29-13-20-6-3-5-18-4-1-2-7-22(18)20)25-24-11-9-19-12-17(8-10-23(19)26(24)35-30-25)14-31-15-21(16-31)28(33)34/h1-2,4,7-8,10,12,20-21,24,26H,3,5-6,9,11,13-16H2,(H,29,32)(H,33,34). The molecule has 6 rings (SSSR count). The number of oxime groups is 1. The fourth-order valence-electron chi connectivity index (χ4n) is 6.22. The highest BCUT2D eigenvalue weighted by Crippen LogP contribution is 2.42. The maximum absolute atomic E-state index is 13.1. The number of benzene rings is 2. The number of carbonyl (C=O) groups excluding carboxylic acids is 1. The van der Waals surface area contributed by atoms with E-state index in [1.807, 2.05) is 0 Å². The van der Waals surface area contributed by atoms with Crippen molar-refractivity contribution in [2.45, 2.75) is 50.7 Å². The number of hydrogen-bond donors (Lipinski definition) is 2. The van der Waals surface area contributed by atoms with Gasteiger partial charge in [0, 0.05) is 32.1 Å². The van der Waals surface area contributed by atoms with Crippen LogP contribution in [0.5, 0.6) is 0 Å². The quantitative estimate of drug-likeness (QED) is 0.671. The lowest BCUT2D eigenvalue weighted by atomic mass is 9.78. The van der Waals surface area contributed by atoms with E-state index in [0.717, 1.165) is 44.2 Å². The van der Waals surface area contributed by atoms with Crippen LogP contribution in [0, 0.1) is 11.8 Å². The number of amides is 1. The molecule has 2 aromatic rings. The summed E-state index contributed by atoms with van der Waals surface area (Å²) in [7, 11) is 0. The number of carbonyl (C=O) groups is 2. The molecule has 35 heavy (non-hydrogen) atoms. The van der Waals surface area contributed by atoms with Crippen molar-refractivity contribution in [3.05, 3.63) is 70.3 Å². The molecule has 1 fully saturated rings. The van der Waals surface area contributed by atoms with Gasteiger partial charge in [-0.15, -0.1) is 0 Å². The van der Waals surface area contributed by atoms with Crippen LogP contribution in [0.15, 0.2) is 47.6 Å². The third-order valence-electron chi connectivity index (χ3n) is 8.17. The Bertz CT molecular complexity index is 1190. The predicted molar refractivity (Wildman–Crippen MR) is 131 cm³/mol. The lowest BCUT2D eigenvalue weighted by Gasteiger charge is -2.37. The number of aryl methyl sites for hydroxylation is 2. The molecular weight excluding hydrogens is 442 g/mol. The fourth-order valence-corrected chi connectivity index (χ4v) is 6.22. The van der Waals surface area contributed by atoms with Gasteiger partial charge in [0.05, 0.1) is 11.8 Å². The van der Waals surface area contributed by atoms with E-state index in [-0.39, 0.29) is 23.8 Å². The van der Waals surface area contributed by atoms with Crippen LogP contribution in [0.3, 0.4) is 0 Å². The first kappa shape index (κ1) is 22.3. The van der Waals surface area contributed by atoms with Gasteiger partial charge >= 0.3 is 5.97 Å². The maximum atomic E-state index is 13.1. The highest BCUT2D eigenvalue weighted by atomic mass is 16.6. The first-order valence-corrected chi connectivity index (χ1v) is 12.7. The van der Waals surface area contributed by atoms with E-state index in [0.29, 0.717) is 31.3 Å². The summed E-state index contributed by atoms with van der Waals surface area (Å²) in [5.74, 6) is -0.718. The second kappa shape index (κ2) is 9.11. The Morgan fingerprint density at radius 3 is 2.77 bits per heavy atom. The molecule has 2 N–H and O–H groups in total. The molecule has 0 saturated carbocycles. The third kappa shape index (κ3) is 4.22. The van der Waals surface area contributed by atoms with E-state index in [2.05, 4.69) is 57.8 Å². The minimum Gasteiger partial charge on any atom is -0.481 e. The Morgan fingerprint density at radius 1 is 1.06 bits per heavy atom. The average Bonchev–Trinajstić information content (AvgIpc) is 3.29. The predicted octanol–water partition coefficient (Wildman–Crippen LogP) is 3.43. The zero-order chi connectivity index (χ0) is 23.9. The molecule has 2 aromatic carbocycles. The molecule has 4 aliphatic rings. The Labute approximate surface area is 205 Å². The van der Waals surface area contributed by atoms with E-state index in [1.54, 1.807) is 0 Å². The van der Waals surface area contributed by atoms with Crippen LogP contribution in [0.4, 0.5) is 0 Å². The Balaban J connectivity index is 1.07. The van der Waals surface area contributed by atoms with Gasteiger partial charge in [-0.1, -0.05) is 47.6 Å². The summed E-state index contributed by atoms with van der Waals surface area (Å²) in [6.45, 7) is 2.61. The van der Waals surface area contributed by atoms with Crippen molar-refractivity contribution in [2.24, 2.45) is 17.0 Å². The van der Waals surface area contributed by atoms with Crippen molar-refractivity contribution >= 4 is 17.6 Å². The molecule has 0 bridgehead atoms. The molecule has 0 aromatic heterocycles. The summed E-state index contributed by atoms with van der Waals surface area (Å²) in [6.07, 6.45) is 4.88. The largest absolute Gasteiger partial charge is 0.481 e. The summed E-state index contributed by atoms with van der Waals surface area (Å²) in [5.41, 5.74) is 6.84. The summed E-state index contributed by atoms with van der Waals surface area (Å²) in [4.78, 5) is 32.1. The second-order valence-electron chi connectivity index (χ2n) is 10.4. The van der Waals surface area contributed by atoms with E-state index in [4.69, 9.17) is 9.94 Å². The Kier molecular flexibility index (Phi) is 5.80. The van der Waals surface area contributed by atoms with Crippen molar-refractivity contribution in [1.29, 1.82) is 0 Å². The highest BCUT2D eigenvalue weighted by Gasteiger charge is 2.42. The van der Waals surface area contributed by atoms with Gasteiger partial charge in [0.2, 0.25) is 0 Å². The van der Waals surface area contributed by atoms with Gasteiger partial charge in [-0.2, -0.15) is 0 Å². The average molecular weight is 474 g/mol. The molecule has 2 aliphatic heterocycles. The highest BCUT2D eigenvalue weighted by molar-refractivity contribution is 6.40. The normalized spacial score (nSPS) is 25.4. The van der Waals surface area contributed by atoms with Gasteiger partial charge in [0.25, 0.3) is 5.91 Å². The maximum Gasteiger partial charge on any atom is 0.309 e. The molecule has 0 spiro atoms. The minimum absolute atomic E-state index is 0.0151. The van der Waals surface area contributed by atoms with Gasteiger partial charge in [0.1, 0.15) is 0 Å². The topological polar surface area (TPSA) is 91.2 Å². The SMILES string of the molecule is O=C(NCC1CCCc2ccccc21)C1=NOC2c3ccc(CN4CC(C(=O)O)C4)cc3CCC12. The number of nitrogens with one attached hydrogen (secondary N) is 1. The van der Waals surface area contributed by atoms with Crippen LogP contribution >= 0.6 is 0 Å². The van der Waals surface area contributed by atoms with E-state index in [9.17, 15) is 9.59 Å². The molecule has 7 heteroatoms. The monoisotopic (exact) mass is 473 g/mol. The molecule has 3 atom stereocenters. The van der Waals surface area contributed by atoms with Crippen molar-refractivity contribution in [1.82, 2.24) is 10.2 Å². The van der Waals surface area contributed by atoms with E-state index in [1.165, 1.54) is 22.3 Å². The van der Waals surface area contributed by atoms with E-state index < -0.39 is 5.97 Å². The smallest absolute Gasteiger partial charge is 0.309 e. The van der Waals surface area contributed by atoms with Crippen molar-refractivity contribution < 1.29 is 19.5 Å². The molecule has 2 aliphatic carbocycles. The lowest BCUT2D eigenvalue weighted by molar-refractivity contribution is -0.147. The number of likely N-dealkylation sites (tertiary alicyclic amines) is 1. The zero-order valence-corrected chi connectivity index (χ0v) is 19.8. The molecule has 1 saturated heterocycles. The second-order valence-corrected chi connectivity index (χ2v) is 10.4. The van der Waals surface area contributed by atoms with Crippen LogP contribution in [0.1, 0.15) is 59.1 Å². The number of hydrogen-bond acceptors (Lipinski definition) is 5. The van der Waals surface area contributed by atoms with Crippen molar-refractivity contribution in [2.75, 3.05) is 19.6 Å². The lowest BCUT2D eigenvalue weighted by Crippen LogP contribution is -2.49. The van der Waals surface area contributed by atoms with Crippen molar-refractivity contribution in [3.8, 4) is 0 Å². The Morgan fingerprint density at radius 2 is 1.91 bits per heavy atom. The van der Waals surface area contributed by atoms with Crippen molar-refractivity contribution in [3.63, 3.8) is 0 Å². The van der Waals surface area contributed by atoms with E-state index >= 15 is 0 Å². The van der Waals surface area contributed by atoms with Gasteiger partial charge in [-0.3, -0.25) is 14.5 Å². The van der Waals surface area contributed by atoms with Gasteiger partial charge < -0.3 is 15.3 Å². The number of carboxylic acids is 1. The third-order valence-corrected chi connectivity index (χ3v) is 8.17. The molecule has 3 unspecified atom stereocenters. The molecular formula is C28H31N3O4. The number of rotatable bonds is 6. The first-order valence-electron chi connectivity index (χ1n) is 12.7. The van der Waals surface area contributed by atoms with Crippen LogP contribution in [0.25, 0.3) is 0 Å². The minimum atomic E-state index is -0.709. The number of nitrogens with zero attached hydrogens (tertiary/aromatic N) is 2. The molecule has 0 radical (unpaired) electrons. The van der Waals surface area contributed by atoms with Gasteiger partial charge in [-0.05, 0) is 59.9 Å². The summed E-state index contributed by atoms with van der Waals surface area (Å²) in [5, 5.41) is 16.5. The summed E-state index contributed by atoms with van der Waals surface area (Å²) < 4.78 is 0. The van der Waals surface area contributed by atoms with Crippen LogP contribution < -0.4 is 5.32 Å². The summed E-state index contributed by atoms with van der Waals surface area (Å²) in [6, 6.07) is 15.0. The summed E-state index contributed by atoms with van der Waals surface area (Å²) >= 11 is 0. The fraction of sp³-hybridized carbons (Fsp3) is 0.464.